The first kappa shape index (κ1) is 17.7. The number of benzene rings is 2. The van der Waals surface area contributed by atoms with E-state index in [2.05, 4.69) is 15.9 Å². The molecule has 0 N–H and O–H groups in total. The summed E-state index contributed by atoms with van der Waals surface area (Å²) in [5.74, 6) is -0.101. The maximum absolute atomic E-state index is 12.7. The van der Waals surface area contributed by atoms with Crippen LogP contribution in [0.3, 0.4) is 0 Å². The van der Waals surface area contributed by atoms with Crippen LogP contribution in [0.2, 0.25) is 0 Å². The van der Waals surface area contributed by atoms with E-state index >= 15 is 0 Å². The Hall–Kier alpha value is -2.14. The summed E-state index contributed by atoms with van der Waals surface area (Å²) in [7, 11) is 1.79. The van der Waals surface area contributed by atoms with Crippen molar-refractivity contribution in [3.63, 3.8) is 0 Å². The first-order valence-electron chi connectivity index (χ1n) is 8.35. The van der Waals surface area contributed by atoms with E-state index in [1.165, 1.54) is 0 Å². The molecular weight excluding hydrogens is 380 g/mol. The van der Waals surface area contributed by atoms with Gasteiger partial charge in [0, 0.05) is 35.9 Å². The molecule has 2 amide bonds. The molecule has 1 aliphatic heterocycles. The molecule has 0 saturated carbocycles. The zero-order valence-corrected chi connectivity index (χ0v) is 16.0. The molecule has 5 heteroatoms. The van der Waals surface area contributed by atoms with E-state index in [0.29, 0.717) is 25.1 Å². The first-order chi connectivity index (χ1) is 12.0. The van der Waals surface area contributed by atoms with Gasteiger partial charge in [0.2, 0.25) is 5.91 Å². The molecule has 2 aromatic rings. The summed E-state index contributed by atoms with van der Waals surface area (Å²) in [5.41, 5.74) is 2.57. The molecule has 0 aliphatic carbocycles. The molecule has 1 aliphatic rings. The van der Waals surface area contributed by atoms with Crippen LogP contribution in [0.5, 0.6) is 0 Å². The summed E-state index contributed by atoms with van der Waals surface area (Å²) in [5, 5.41) is 0. The smallest absolute Gasteiger partial charge is 0.253 e. The Morgan fingerprint density at radius 1 is 1.16 bits per heavy atom. The lowest BCUT2D eigenvalue weighted by Gasteiger charge is -2.22. The van der Waals surface area contributed by atoms with Crippen LogP contribution >= 0.6 is 15.9 Å². The molecule has 0 spiro atoms. The number of anilines is 1. The van der Waals surface area contributed by atoms with Crippen LogP contribution in [0.15, 0.2) is 53.0 Å². The minimum absolute atomic E-state index is 0.0120. The van der Waals surface area contributed by atoms with Crippen molar-refractivity contribution >= 4 is 33.4 Å². The van der Waals surface area contributed by atoms with E-state index in [1.54, 1.807) is 16.8 Å². The largest absolute Gasteiger partial charge is 0.338 e. The number of carbonyl (C=O) groups excluding carboxylic acids is 2. The van der Waals surface area contributed by atoms with E-state index in [0.717, 1.165) is 15.7 Å². The van der Waals surface area contributed by atoms with Gasteiger partial charge < -0.3 is 9.80 Å². The van der Waals surface area contributed by atoms with Crippen molar-refractivity contribution in [1.29, 1.82) is 0 Å². The van der Waals surface area contributed by atoms with Crippen molar-refractivity contribution in [1.82, 2.24) is 4.90 Å². The van der Waals surface area contributed by atoms with Gasteiger partial charge in [-0.2, -0.15) is 0 Å². The van der Waals surface area contributed by atoms with Gasteiger partial charge in [0.25, 0.3) is 5.91 Å². The Morgan fingerprint density at radius 3 is 2.56 bits per heavy atom. The second-order valence-electron chi connectivity index (χ2n) is 6.49. The number of halogens is 1. The third kappa shape index (κ3) is 3.93. The average molecular weight is 401 g/mol. The number of hydrogen-bond acceptors (Lipinski definition) is 2. The first-order valence-corrected chi connectivity index (χ1v) is 9.14. The van der Waals surface area contributed by atoms with Gasteiger partial charge in [0.1, 0.15) is 0 Å². The number of likely N-dealkylation sites (tertiary alicyclic amines) is 1. The van der Waals surface area contributed by atoms with Crippen LogP contribution < -0.4 is 4.90 Å². The lowest BCUT2D eigenvalue weighted by atomic mass is 10.1. The van der Waals surface area contributed by atoms with Crippen LogP contribution in [0.25, 0.3) is 0 Å². The fourth-order valence-corrected chi connectivity index (χ4v) is 3.85. The second kappa shape index (κ2) is 7.40. The van der Waals surface area contributed by atoms with Gasteiger partial charge >= 0.3 is 0 Å². The van der Waals surface area contributed by atoms with Gasteiger partial charge in [-0.3, -0.25) is 9.59 Å². The molecule has 1 atom stereocenters. The number of carbonyl (C=O) groups is 2. The molecule has 1 unspecified atom stereocenters. The Bertz CT molecular complexity index is 771. The summed E-state index contributed by atoms with van der Waals surface area (Å²) in [4.78, 5) is 28.9. The van der Waals surface area contributed by atoms with Gasteiger partial charge in [0.05, 0.1) is 5.92 Å². The molecule has 4 nitrogen and oxygen atoms in total. The van der Waals surface area contributed by atoms with Crippen molar-refractivity contribution in [2.75, 3.05) is 25.0 Å². The van der Waals surface area contributed by atoms with Crippen molar-refractivity contribution < 1.29 is 9.59 Å². The fourth-order valence-electron chi connectivity index (χ4n) is 3.24. The van der Waals surface area contributed by atoms with Crippen LogP contribution in [0.1, 0.15) is 22.3 Å². The molecule has 1 fully saturated rings. The maximum atomic E-state index is 12.7. The topological polar surface area (TPSA) is 40.6 Å². The normalized spacial score (nSPS) is 16.8. The maximum Gasteiger partial charge on any atom is 0.253 e. The van der Waals surface area contributed by atoms with E-state index in [-0.39, 0.29) is 17.7 Å². The Morgan fingerprint density at radius 2 is 1.88 bits per heavy atom. The third-order valence-electron chi connectivity index (χ3n) is 4.59. The zero-order chi connectivity index (χ0) is 18.0. The molecule has 3 rings (SSSR count). The highest BCUT2D eigenvalue weighted by molar-refractivity contribution is 9.10. The van der Waals surface area contributed by atoms with Gasteiger partial charge in [-0.25, -0.2) is 0 Å². The molecule has 25 heavy (non-hydrogen) atoms. The molecule has 0 bridgehead atoms. The van der Waals surface area contributed by atoms with Crippen molar-refractivity contribution in [2.45, 2.75) is 13.3 Å². The Balaban J connectivity index is 1.68. The number of hydrogen-bond donors (Lipinski definition) is 0. The highest BCUT2D eigenvalue weighted by atomic mass is 79.9. The third-order valence-corrected chi connectivity index (χ3v) is 5.05. The summed E-state index contributed by atoms with van der Waals surface area (Å²) in [6, 6.07) is 15.3. The molecule has 1 saturated heterocycles. The van der Waals surface area contributed by atoms with Crippen LogP contribution in [-0.4, -0.2) is 36.9 Å². The standard InChI is InChI=1S/C20H21BrN2O2/c1-14-10-16(12-17(21)11-14)20(25)23-9-8-15(13-23)19(24)22(2)18-6-4-3-5-7-18/h3-7,10-12,15H,8-9,13H2,1-2H3. The lowest BCUT2D eigenvalue weighted by Crippen LogP contribution is -2.36. The van der Waals surface area contributed by atoms with Gasteiger partial charge in [-0.1, -0.05) is 34.1 Å². The van der Waals surface area contributed by atoms with E-state index < -0.39 is 0 Å². The Labute approximate surface area is 156 Å². The number of amides is 2. The van der Waals surface area contributed by atoms with Crippen LogP contribution in [0.4, 0.5) is 5.69 Å². The van der Waals surface area contributed by atoms with E-state index in [4.69, 9.17) is 0 Å². The van der Waals surface area contributed by atoms with E-state index in [1.807, 2.05) is 55.5 Å². The van der Waals surface area contributed by atoms with Gasteiger partial charge in [0.15, 0.2) is 0 Å². The minimum atomic E-state index is -0.151. The number of aryl methyl sites for hydroxylation is 1. The van der Waals surface area contributed by atoms with Gasteiger partial charge in [-0.15, -0.1) is 0 Å². The number of para-hydroxylation sites is 1. The molecule has 2 aromatic carbocycles. The van der Waals surface area contributed by atoms with Crippen molar-refractivity contribution in [3.8, 4) is 0 Å². The predicted molar refractivity (Wildman–Crippen MR) is 103 cm³/mol. The van der Waals surface area contributed by atoms with Gasteiger partial charge in [-0.05, 0) is 49.2 Å². The molecule has 0 radical (unpaired) electrons. The van der Waals surface area contributed by atoms with Crippen molar-refractivity contribution in [2.24, 2.45) is 5.92 Å². The molecule has 130 valence electrons. The van der Waals surface area contributed by atoms with E-state index in [9.17, 15) is 9.59 Å². The lowest BCUT2D eigenvalue weighted by molar-refractivity contribution is -0.121. The summed E-state index contributed by atoms with van der Waals surface area (Å²) in [6.07, 6.45) is 0.703. The second-order valence-corrected chi connectivity index (χ2v) is 7.40. The number of rotatable bonds is 3. The number of nitrogens with zero attached hydrogens (tertiary/aromatic N) is 2. The molecule has 0 aromatic heterocycles. The summed E-state index contributed by atoms with van der Waals surface area (Å²) in [6.45, 7) is 3.05. The zero-order valence-electron chi connectivity index (χ0n) is 14.4. The Kier molecular flexibility index (Phi) is 5.23. The highest BCUT2D eigenvalue weighted by Gasteiger charge is 2.33. The molecular formula is C20H21BrN2O2. The SMILES string of the molecule is Cc1cc(Br)cc(C(=O)N2CCC(C(=O)N(C)c3ccccc3)C2)c1. The average Bonchev–Trinajstić information content (AvgIpc) is 3.09. The van der Waals surface area contributed by atoms with Crippen LogP contribution in [-0.2, 0) is 4.79 Å². The quantitative estimate of drug-likeness (QED) is 0.783. The molecule has 1 heterocycles. The van der Waals surface area contributed by atoms with Crippen LogP contribution in [0, 0.1) is 12.8 Å². The monoisotopic (exact) mass is 400 g/mol. The van der Waals surface area contributed by atoms with Crippen molar-refractivity contribution in [3.05, 3.63) is 64.1 Å². The highest BCUT2D eigenvalue weighted by Crippen LogP contribution is 2.24. The summed E-state index contributed by atoms with van der Waals surface area (Å²) >= 11 is 3.44. The predicted octanol–water partition coefficient (Wildman–Crippen LogP) is 3.88. The summed E-state index contributed by atoms with van der Waals surface area (Å²) < 4.78 is 0.895. The fraction of sp³-hybridized carbons (Fsp3) is 0.300. The minimum Gasteiger partial charge on any atom is -0.338 e.